The highest BCUT2D eigenvalue weighted by molar-refractivity contribution is 9.09. The molecule has 0 saturated carbocycles. The van der Waals surface area contributed by atoms with E-state index in [4.69, 9.17) is 9.66 Å². The van der Waals surface area contributed by atoms with Crippen LogP contribution in [0.25, 0.3) is 0 Å². The van der Waals surface area contributed by atoms with Crippen molar-refractivity contribution in [2.24, 2.45) is 0 Å². The number of hydrogen-bond acceptors (Lipinski definition) is 3. The standard InChI is InChI=1S/C7H8O3S.C6H13BrO/c1-6-2-4-7(5-3-6)11(8,9)10;7-5-3-1-2-4-6-8/h2-5H,1H3,(H,8,9,10);8H,1-6H2. The lowest BCUT2D eigenvalue weighted by atomic mass is 10.2. The third-order valence-electron chi connectivity index (χ3n) is 2.36. The lowest BCUT2D eigenvalue weighted by Crippen LogP contribution is -1.96. The van der Waals surface area contributed by atoms with Crippen LogP contribution in [-0.2, 0) is 10.1 Å². The van der Waals surface area contributed by atoms with Crippen molar-refractivity contribution in [3.8, 4) is 0 Å². The summed E-state index contributed by atoms with van der Waals surface area (Å²) >= 11 is 3.34. The zero-order chi connectivity index (χ0) is 14.7. The molecule has 0 aliphatic carbocycles. The van der Waals surface area contributed by atoms with Crippen molar-refractivity contribution in [1.29, 1.82) is 0 Å². The topological polar surface area (TPSA) is 74.6 Å². The summed E-state index contributed by atoms with van der Waals surface area (Å²) in [6.45, 7) is 2.19. The number of aliphatic hydroxyl groups excluding tert-OH is 1. The first kappa shape index (κ1) is 18.6. The molecular formula is C13H21BrO4S. The molecule has 0 fully saturated rings. The summed E-state index contributed by atoms with van der Waals surface area (Å²) in [5.74, 6) is 0. The zero-order valence-corrected chi connectivity index (χ0v) is 13.5. The number of aryl methyl sites for hydroxylation is 1. The number of halogens is 1. The Kier molecular flexibility index (Phi) is 10.1. The maximum Gasteiger partial charge on any atom is 0.294 e. The zero-order valence-electron chi connectivity index (χ0n) is 11.0. The largest absolute Gasteiger partial charge is 0.396 e. The molecule has 110 valence electrons. The lowest BCUT2D eigenvalue weighted by molar-refractivity contribution is 0.283. The van der Waals surface area contributed by atoms with E-state index in [9.17, 15) is 8.42 Å². The van der Waals surface area contributed by atoms with Gasteiger partial charge in [-0.1, -0.05) is 46.5 Å². The first-order valence-corrected chi connectivity index (χ1v) is 8.69. The molecule has 6 heteroatoms. The van der Waals surface area contributed by atoms with Crippen molar-refractivity contribution in [3.63, 3.8) is 0 Å². The average Bonchev–Trinajstić information content (AvgIpc) is 2.35. The van der Waals surface area contributed by atoms with Crippen LogP contribution >= 0.6 is 15.9 Å². The Labute approximate surface area is 123 Å². The van der Waals surface area contributed by atoms with E-state index in [-0.39, 0.29) is 4.90 Å². The predicted molar refractivity (Wildman–Crippen MR) is 80.3 cm³/mol. The number of aliphatic hydroxyl groups is 1. The van der Waals surface area contributed by atoms with Gasteiger partial charge in [-0.15, -0.1) is 0 Å². The minimum Gasteiger partial charge on any atom is -0.396 e. The summed E-state index contributed by atoms with van der Waals surface area (Å²) in [7, 11) is -4.02. The van der Waals surface area contributed by atoms with Gasteiger partial charge in [0.1, 0.15) is 0 Å². The molecule has 0 spiro atoms. The molecule has 2 N–H and O–H groups in total. The van der Waals surface area contributed by atoms with E-state index in [0.29, 0.717) is 6.61 Å². The Hall–Kier alpha value is -0.430. The molecule has 1 rings (SSSR count). The number of alkyl halides is 1. The van der Waals surface area contributed by atoms with Crippen LogP contribution < -0.4 is 0 Å². The highest BCUT2D eigenvalue weighted by atomic mass is 79.9. The van der Waals surface area contributed by atoms with Crippen LogP contribution in [0.2, 0.25) is 0 Å². The third-order valence-corrected chi connectivity index (χ3v) is 3.79. The molecule has 0 bridgehead atoms. The SMILES string of the molecule is Cc1ccc(S(=O)(=O)O)cc1.OCCCCCCBr. The quantitative estimate of drug-likeness (QED) is 0.468. The van der Waals surface area contributed by atoms with Crippen LogP contribution in [0.3, 0.4) is 0 Å². The van der Waals surface area contributed by atoms with Crippen LogP contribution in [-0.4, -0.2) is 30.0 Å². The molecule has 4 nitrogen and oxygen atoms in total. The molecule has 0 saturated heterocycles. The fourth-order valence-electron chi connectivity index (χ4n) is 1.27. The predicted octanol–water partition coefficient (Wildman–Crippen LogP) is 3.18. The Morgan fingerprint density at radius 3 is 2.00 bits per heavy atom. The van der Waals surface area contributed by atoms with Gasteiger partial charge in [-0.05, 0) is 31.9 Å². The molecule has 0 aromatic heterocycles. The van der Waals surface area contributed by atoms with Crippen molar-refractivity contribution in [2.75, 3.05) is 11.9 Å². The number of rotatable bonds is 6. The van der Waals surface area contributed by atoms with Crippen molar-refractivity contribution in [3.05, 3.63) is 29.8 Å². The van der Waals surface area contributed by atoms with E-state index in [2.05, 4.69) is 15.9 Å². The summed E-state index contributed by atoms with van der Waals surface area (Å²) in [4.78, 5) is -0.0666. The molecule has 19 heavy (non-hydrogen) atoms. The van der Waals surface area contributed by atoms with Crippen molar-refractivity contribution < 1.29 is 18.1 Å². The van der Waals surface area contributed by atoms with Crippen molar-refractivity contribution in [2.45, 2.75) is 37.5 Å². The van der Waals surface area contributed by atoms with E-state index in [0.717, 1.165) is 17.3 Å². The molecule has 0 atom stereocenters. The monoisotopic (exact) mass is 352 g/mol. The minimum atomic E-state index is -4.02. The Morgan fingerprint density at radius 2 is 1.58 bits per heavy atom. The van der Waals surface area contributed by atoms with Gasteiger partial charge in [-0.25, -0.2) is 0 Å². The maximum atomic E-state index is 10.5. The second-order valence-electron chi connectivity index (χ2n) is 4.11. The van der Waals surface area contributed by atoms with Gasteiger partial charge in [0.15, 0.2) is 0 Å². The van der Waals surface area contributed by atoms with Crippen LogP contribution in [0.1, 0.15) is 31.2 Å². The first-order valence-electron chi connectivity index (χ1n) is 6.12. The minimum absolute atomic E-state index is 0.0666. The number of unbranched alkanes of at least 4 members (excludes halogenated alkanes) is 3. The van der Waals surface area contributed by atoms with E-state index >= 15 is 0 Å². The smallest absolute Gasteiger partial charge is 0.294 e. The number of benzene rings is 1. The lowest BCUT2D eigenvalue weighted by Gasteiger charge is -1.95. The molecule has 0 amide bonds. The molecule has 0 heterocycles. The highest BCUT2D eigenvalue weighted by Gasteiger charge is 2.06. The summed E-state index contributed by atoms with van der Waals surface area (Å²) in [6, 6.07) is 5.99. The Morgan fingerprint density at radius 1 is 1.05 bits per heavy atom. The van der Waals surface area contributed by atoms with E-state index < -0.39 is 10.1 Å². The Bertz CT molecular complexity index is 422. The maximum absolute atomic E-state index is 10.5. The number of hydrogen-bond donors (Lipinski definition) is 2. The summed E-state index contributed by atoms with van der Waals surface area (Å²) in [5, 5.41) is 9.45. The van der Waals surface area contributed by atoms with Gasteiger partial charge < -0.3 is 5.11 Å². The molecule has 0 aliphatic heterocycles. The molecule has 1 aromatic carbocycles. The Balaban J connectivity index is 0.000000362. The second kappa shape index (κ2) is 10.4. The summed E-state index contributed by atoms with van der Waals surface area (Å²) < 4.78 is 29.6. The fraction of sp³-hybridized carbons (Fsp3) is 0.538. The fourth-order valence-corrected chi connectivity index (χ4v) is 2.15. The van der Waals surface area contributed by atoms with Gasteiger partial charge in [-0.2, -0.15) is 8.42 Å². The molecular weight excluding hydrogens is 332 g/mol. The summed E-state index contributed by atoms with van der Waals surface area (Å²) in [6.07, 6.45) is 4.61. The first-order chi connectivity index (χ1) is 8.91. The van der Waals surface area contributed by atoms with Gasteiger partial charge >= 0.3 is 0 Å². The van der Waals surface area contributed by atoms with Crippen LogP contribution in [0.4, 0.5) is 0 Å². The highest BCUT2D eigenvalue weighted by Crippen LogP contribution is 2.08. The van der Waals surface area contributed by atoms with E-state index in [1.54, 1.807) is 12.1 Å². The molecule has 1 aromatic rings. The van der Waals surface area contributed by atoms with Crippen molar-refractivity contribution in [1.82, 2.24) is 0 Å². The van der Waals surface area contributed by atoms with Gasteiger partial charge in [0.05, 0.1) is 4.90 Å². The molecule has 0 unspecified atom stereocenters. The van der Waals surface area contributed by atoms with E-state index in [1.807, 2.05) is 6.92 Å². The average molecular weight is 353 g/mol. The van der Waals surface area contributed by atoms with Crippen molar-refractivity contribution >= 4 is 26.0 Å². The van der Waals surface area contributed by atoms with Gasteiger partial charge in [-0.3, -0.25) is 4.55 Å². The molecule has 0 aliphatic rings. The molecule has 0 radical (unpaired) electrons. The van der Waals surface area contributed by atoms with Crippen LogP contribution in [0.5, 0.6) is 0 Å². The van der Waals surface area contributed by atoms with Crippen LogP contribution in [0.15, 0.2) is 29.2 Å². The van der Waals surface area contributed by atoms with Gasteiger partial charge in [0, 0.05) is 11.9 Å². The third kappa shape index (κ3) is 10.1. The second-order valence-corrected chi connectivity index (χ2v) is 6.33. The van der Waals surface area contributed by atoms with Gasteiger partial charge in [0.2, 0.25) is 0 Å². The summed E-state index contributed by atoms with van der Waals surface area (Å²) in [5.41, 5.74) is 0.956. The normalized spacial score (nSPS) is 10.7. The van der Waals surface area contributed by atoms with Crippen LogP contribution in [0, 0.1) is 6.92 Å². The van der Waals surface area contributed by atoms with E-state index in [1.165, 1.54) is 31.4 Å². The van der Waals surface area contributed by atoms with Gasteiger partial charge in [0.25, 0.3) is 10.1 Å².